The zero-order valence-electron chi connectivity index (χ0n) is 8.96. The zero-order valence-corrected chi connectivity index (χ0v) is 9.78. The molecular weight excluding hydrogens is 251 g/mol. The Morgan fingerprint density at radius 2 is 2.29 bits per heavy atom. The molecule has 1 unspecified atom stereocenters. The minimum atomic E-state index is -3.98. The van der Waals surface area contributed by atoms with Crippen molar-refractivity contribution >= 4 is 16.0 Å². The Balaban J connectivity index is 2.96. The highest BCUT2D eigenvalue weighted by atomic mass is 32.2. The molecular formula is C9H11FN2O4S. The van der Waals surface area contributed by atoms with E-state index in [4.69, 9.17) is 5.14 Å². The normalized spacial score (nSPS) is 13.1. The molecule has 0 aliphatic rings. The average Bonchev–Trinajstić information content (AvgIpc) is 2.15. The summed E-state index contributed by atoms with van der Waals surface area (Å²) in [5.41, 5.74) is -0.0799. The number of hydrogen-bond acceptors (Lipinski definition) is 5. The Kier molecular flexibility index (Phi) is 4.13. The molecule has 1 atom stereocenters. The number of primary sulfonamides is 1. The summed E-state index contributed by atoms with van der Waals surface area (Å²) in [5, 5.41) is 4.94. The molecule has 2 N–H and O–H groups in total. The first-order valence-corrected chi connectivity index (χ1v) is 6.13. The molecule has 1 heterocycles. The number of sulfonamides is 1. The molecule has 0 aliphatic carbocycles. The number of nitrogens with zero attached hydrogens (tertiary/aromatic N) is 1. The Morgan fingerprint density at radius 3 is 2.82 bits per heavy atom. The van der Waals surface area contributed by atoms with E-state index in [0.29, 0.717) is 0 Å². The number of carbonyl (C=O) groups excluding carboxylic acids is 1. The molecule has 6 nitrogen and oxygen atoms in total. The van der Waals surface area contributed by atoms with Crippen LogP contribution in [0.25, 0.3) is 0 Å². The van der Waals surface area contributed by atoms with Gasteiger partial charge in [-0.15, -0.1) is 0 Å². The van der Waals surface area contributed by atoms with Crippen molar-refractivity contribution in [3.63, 3.8) is 0 Å². The van der Waals surface area contributed by atoms with Gasteiger partial charge in [-0.1, -0.05) is 0 Å². The molecule has 0 radical (unpaired) electrons. The minimum Gasteiger partial charge on any atom is -0.431 e. The quantitative estimate of drug-likeness (QED) is 0.777. The molecule has 1 aromatic rings. The van der Waals surface area contributed by atoms with Crippen LogP contribution in [0.1, 0.15) is 12.6 Å². The van der Waals surface area contributed by atoms with Crippen molar-refractivity contribution in [2.24, 2.45) is 5.14 Å². The number of ether oxygens (including phenoxy) is 1. The van der Waals surface area contributed by atoms with E-state index in [1.54, 1.807) is 0 Å². The third-order valence-electron chi connectivity index (χ3n) is 1.80. The van der Waals surface area contributed by atoms with Gasteiger partial charge in [0.15, 0.2) is 0 Å². The first kappa shape index (κ1) is 13.5. The molecule has 1 rings (SSSR count). The lowest BCUT2D eigenvalue weighted by Gasteiger charge is -2.10. The SMILES string of the molecule is CC(=O)OC(F)Cc1ncccc1S(N)(=O)=O. The van der Waals surface area contributed by atoms with Gasteiger partial charge >= 0.3 is 5.97 Å². The molecule has 0 fully saturated rings. The molecule has 0 spiro atoms. The van der Waals surface area contributed by atoms with Gasteiger partial charge in [0.2, 0.25) is 16.4 Å². The van der Waals surface area contributed by atoms with Gasteiger partial charge in [0.25, 0.3) is 0 Å². The first-order chi connectivity index (χ1) is 7.80. The number of esters is 1. The summed E-state index contributed by atoms with van der Waals surface area (Å²) in [6, 6.07) is 2.57. The van der Waals surface area contributed by atoms with Crippen molar-refractivity contribution in [1.82, 2.24) is 4.98 Å². The van der Waals surface area contributed by atoms with Gasteiger partial charge in [-0.2, -0.15) is 0 Å². The number of carbonyl (C=O) groups is 1. The maximum absolute atomic E-state index is 13.2. The fourth-order valence-electron chi connectivity index (χ4n) is 1.21. The van der Waals surface area contributed by atoms with E-state index in [9.17, 15) is 17.6 Å². The molecule has 94 valence electrons. The van der Waals surface area contributed by atoms with Gasteiger partial charge in [-0.25, -0.2) is 17.9 Å². The summed E-state index contributed by atoms with van der Waals surface area (Å²) < 4.78 is 39.8. The van der Waals surface area contributed by atoms with E-state index >= 15 is 0 Å². The lowest BCUT2D eigenvalue weighted by molar-refractivity contribution is -0.154. The predicted octanol–water partition coefficient (Wildman–Crippen LogP) is 0.130. The highest BCUT2D eigenvalue weighted by Gasteiger charge is 2.19. The van der Waals surface area contributed by atoms with Crippen LogP contribution in [-0.2, 0) is 26.0 Å². The number of aromatic nitrogens is 1. The van der Waals surface area contributed by atoms with Gasteiger partial charge in [0.05, 0.1) is 12.1 Å². The number of pyridine rings is 1. The van der Waals surface area contributed by atoms with E-state index in [1.807, 2.05) is 0 Å². The van der Waals surface area contributed by atoms with Gasteiger partial charge in [-0.3, -0.25) is 9.78 Å². The van der Waals surface area contributed by atoms with Crippen molar-refractivity contribution in [2.45, 2.75) is 24.6 Å². The molecule has 8 heteroatoms. The van der Waals surface area contributed by atoms with E-state index < -0.39 is 28.8 Å². The molecule has 1 aromatic heterocycles. The van der Waals surface area contributed by atoms with Crippen LogP contribution in [0, 0.1) is 0 Å². The van der Waals surface area contributed by atoms with Crippen LogP contribution >= 0.6 is 0 Å². The van der Waals surface area contributed by atoms with Gasteiger partial charge in [-0.05, 0) is 12.1 Å². The third kappa shape index (κ3) is 4.08. The van der Waals surface area contributed by atoms with E-state index in [0.717, 1.165) is 6.92 Å². The Bertz CT molecular complexity index is 517. The van der Waals surface area contributed by atoms with Crippen LogP contribution in [0.4, 0.5) is 4.39 Å². The second-order valence-corrected chi connectivity index (χ2v) is 4.75. The van der Waals surface area contributed by atoms with Gasteiger partial charge in [0, 0.05) is 13.1 Å². The van der Waals surface area contributed by atoms with E-state index in [1.165, 1.54) is 18.3 Å². The molecule has 0 saturated heterocycles. The second-order valence-electron chi connectivity index (χ2n) is 3.22. The minimum absolute atomic E-state index is 0.0799. The van der Waals surface area contributed by atoms with Crippen LogP contribution in [0.2, 0.25) is 0 Å². The van der Waals surface area contributed by atoms with E-state index in [2.05, 4.69) is 9.72 Å². The Morgan fingerprint density at radius 1 is 1.65 bits per heavy atom. The predicted molar refractivity (Wildman–Crippen MR) is 56.0 cm³/mol. The molecule has 17 heavy (non-hydrogen) atoms. The number of nitrogens with two attached hydrogens (primary N) is 1. The van der Waals surface area contributed by atoms with Crippen molar-refractivity contribution in [2.75, 3.05) is 0 Å². The highest BCUT2D eigenvalue weighted by molar-refractivity contribution is 7.89. The Labute approximate surface area is 97.7 Å². The van der Waals surface area contributed by atoms with Crippen LogP contribution in [-0.4, -0.2) is 25.7 Å². The average molecular weight is 262 g/mol. The number of rotatable bonds is 4. The summed E-state index contributed by atoms with van der Waals surface area (Å²) in [4.78, 5) is 13.9. The number of alkyl halides is 1. The van der Waals surface area contributed by atoms with Crippen molar-refractivity contribution < 1.29 is 22.3 Å². The summed E-state index contributed by atoms with van der Waals surface area (Å²) >= 11 is 0. The Hall–Kier alpha value is -1.54. The van der Waals surface area contributed by atoms with Gasteiger partial charge < -0.3 is 4.74 Å². The first-order valence-electron chi connectivity index (χ1n) is 4.58. The van der Waals surface area contributed by atoms with E-state index in [-0.39, 0.29) is 10.6 Å². The van der Waals surface area contributed by atoms with Crippen LogP contribution < -0.4 is 5.14 Å². The summed E-state index contributed by atoms with van der Waals surface area (Å²) in [7, 11) is -3.98. The maximum Gasteiger partial charge on any atom is 0.305 e. The maximum atomic E-state index is 13.2. The fraction of sp³-hybridized carbons (Fsp3) is 0.333. The zero-order chi connectivity index (χ0) is 13.1. The largest absolute Gasteiger partial charge is 0.431 e. The fourth-order valence-corrected chi connectivity index (χ4v) is 1.94. The summed E-state index contributed by atoms with van der Waals surface area (Å²) in [5.74, 6) is -0.800. The van der Waals surface area contributed by atoms with Crippen molar-refractivity contribution in [3.8, 4) is 0 Å². The van der Waals surface area contributed by atoms with Crippen LogP contribution in [0.3, 0.4) is 0 Å². The van der Waals surface area contributed by atoms with Crippen molar-refractivity contribution in [3.05, 3.63) is 24.0 Å². The smallest absolute Gasteiger partial charge is 0.305 e. The molecule has 0 amide bonds. The number of hydrogen-bond donors (Lipinski definition) is 1. The topological polar surface area (TPSA) is 99.3 Å². The molecule has 0 bridgehead atoms. The lowest BCUT2D eigenvalue weighted by atomic mass is 10.3. The molecule has 0 aromatic carbocycles. The van der Waals surface area contributed by atoms with Crippen LogP contribution in [0.15, 0.2) is 23.2 Å². The monoisotopic (exact) mass is 262 g/mol. The molecule has 0 aliphatic heterocycles. The third-order valence-corrected chi connectivity index (χ3v) is 2.79. The molecule has 0 saturated carbocycles. The lowest BCUT2D eigenvalue weighted by Crippen LogP contribution is -2.19. The summed E-state index contributed by atoms with van der Waals surface area (Å²) in [6.45, 7) is 1.05. The van der Waals surface area contributed by atoms with Crippen molar-refractivity contribution in [1.29, 1.82) is 0 Å². The standard InChI is InChI=1S/C9H11FN2O4S/c1-6(13)16-9(10)5-7-8(17(11,14)15)3-2-4-12-7/h2-4,9H,5H2,1H3,(H2,11,14,15). The number of halogens is 1. The van der Waals surface area contributed by atoms with Gasteiger partial charge in [0.1, 0.15) is 4.90 Å². The summed E-state index contributed by atoms with van der Waals surface area (Å²) in [6.07, 6.45) is -1.13. The highest BCUT2D eigenvalue weighted by Crippen LogP contribution is 2.14. The van der Waals surface area contributed by atoms with Crippen LogP contribution in [0.5, 0.6) is 0 Å². The second kappa shape index (κ2) is 5.19.